The fraction of sp³-hybridized carbons (Fsp3) is 0.500. The van der Waals surface area contributed by atoms with Gasteiger partial charge in [0.05, 0.1) is 18.8 Å². The molecule has 0 radical (unpaired) electrons. The number of carbonyl (C=O) groups is 2. The summed E-state index contributed by atoms with van der Waals surface area (Å²) in [6.45, 7) is 5.78. The number of hydrogen-bond acceptors (Lipinski definition) is 5. The number of nitrogen functional groups attached to an aromatic ring is 1. The molecule has 0 aromatic carbocycles. The second-order valence-corrected chi connectivity index (χ2v) is 3.57. The van der Waals surface area contributed by atoms with E-state index in [-0.39, 0.29) is 18.9 Å². The van der Waals surface area contributed by atoms with Crippen molar-refractivity contribution in [3.8, 4) is 0 Å². The maximum Gasteiger partial charge on any atom is 0.357 e. The molecule has 2 N–H and O–H groups in total. The fourth-order valence-electron chi connectivity index (χ4n) is 1.74. The molecule has 0 atom stereocenters. The van der Waals surface area contributed by atoms with Gasteiger partial charge < -0.3 is 15.3 Å². The van der Waals surface area contributed by atoms with E-state index < -0.39 is 11.9 Å². The van der Waals surface area contributed by atoms with E-state index in [4.69, 9.17) is 15.3 Å². The molecule has 0 spiro atoms. The molecule has 0 amide bonds. The van der Waals surface area contributed by atoms with Gasteiger partial charge in [-0.05, 0) is 20.3 Å². The van der Waals surface area contributed by atoms with E-state index in [1.165, 1.54) is 6.20 Å². The van der Waals surface area contributed by atoms with Crippen molar-refractivity contribution in [1.29, 1.82) is 0 Å². The Morgan fingerprint density at radius 1 is 1.17 bits per heavy atom. The summed E-state index contributed by atoms with van der Waals surface area (Å²) in [6.07, 6.45) is 1.88. The maximum atomic E-state index is 11.8. The number of carbonyl (C=O) groups excluding carboxylic acids is 2. The van der Waals surface area contributed by atoms with E-state index >= 15 is 0 Å². The van der Waals surface area contributed by atoms with Crippen molar-refractivity contribution >= 4 is 11.9 Å². The average Bonchev–Trinajstić information content (AvgIpc) is 2.66. The topological polar surface area (TPSA) is 83.5 Å². The Hall–Kier alpha value is -1.98. The average molecular weight is 254 g/mol. The third-order valence-corrected chi connectivity index (χ3v) is 2.46. The van der Waals surface area contributed by atoms with Crippen LogP contribution in [0.1, 0.15) is 47.2 Å². The Balaban J connectivity index is 3.20. The molecule has 0 saturated heterocycles. The van der Waals surface area contributed by atoms with Crippen LogP contribution in [-0.4, -0.2) is 29.8 Å². The highest BCUT2D eigenvalue weighted by Crippen LogP contribution is 2.19. The normalized spacial score (nSPS) is 10.2. The lowest BCUT2D eigenvalue weighted by Crippen LogP contribution is -2.18. The van der Waals surface area contributed by atoms with Gasteiger partial charge in [-0.25, -0.2) is 9.59 Å². The van der Waals surface area contributed by atoms with E-state index in [0.29, 0.717) is 17.5 Å². The van der Waals surface area contributed by atoms with Gasteiger partial charge in [-0.2, -0.15) is 0 Å². The van der Waals surface area contributed by atoms with Gasteiger partial charge in [0.25, 0.3) is 0 Å². The predicted molar refractivity (Wildman–Crippen MR) is 65.9 cm³/mol. The van der Waals surface area contributed by atoms with Crippen LogP contribution >= 0.6 is 0 Å². The number of aromatic nitrogens is 1. The summed E-state index contributed by atoms with van der Waals surface area (Å²) in [7, 11) is 0. The lowest BCUT2D eigenvalue weighted by molar-refractivity contribution is 0.0514. The van der Waals surface area contributed by atoms with E-state index in [9.17, 15) is 9.59 Å². The summed E-state index contributed by atoms with van der Waals surface area (Å²) < 4.78 is 10.9. The molecule has 0 aliphatic heterocycles. The molecule has 1 aromatic rings. The first-order chi connectivity index (χ1) is 8.56. The maximum absolute atomic E-state index is 11.8. The number of rotatable bonds is 5. The van der Waals surface area contributed by atoms with Crippen LogP contribution in [0.2, 0.25) is 0 Å². The first-order valence-electron chi connectivity index (χ1n) is 5.90. The van der Waals surface area contributed by atoms with Crippen LogP contribution in [0.3, 0.4) is 0 Å². The summed E-state index contributed by atoms with van der Waals surface area (Å²) in [6, 6.07) is 0. The van der Waals surface area contributed by atoms with Crippen LogP contribution in [0, 0.1) is 0 Å². The quantitative estimate of drug-likeness (QED) is 0.628. The fourth-order valence-corrected chi connectivity index (χ4v) is 1.74. The Kier molecular flexibility index (Phi) is 4.76. The van der Waals surface area contributed by atoms with Crippen molar-refractivity contribution in [3.05, 3.63) is 23.0 Å². The highest BCUT2D eigenvalue weighted by molar-refractivity contribution is 5.97. The Morgan fingerprint density at radius 2 is 1.72 bits per heavy atom. The largest absolute Gasteiger partial charge is 0.462 e. The first kappa shape index (κ1) is 14.1. The Labute approximate surface area is 106 Å². The Morgan fingerprint density at radius 3 is 2.22 bits per heavy atom. The summed E-state index contributed by atoms with van der Waals surface area (Å²) in [5, 5.41) is 0. The molecule has 1 aromatic heterocycles. The SMILES string of the molecule is CCOC(=O)c1cn(N)c(C(=O)OCC)c1CC. The van der Waals surface area contributed by atoms with Crippen LogP contribution in [-0.2, 0) is 15.9 Å². The molecule has 18 heavy (non-hydrogen) atoms. The lowest BCUT2D eigenvalue weighted by atomic mass is 10.1. The minimum absolute atomic E-state index is 0.197. The van der Waals surface area contributed by atoms with Crippen molar-refractivity contribution < 1.29 is 19.1 Å². The van der Waals surface area contributed by atoms with Gasteiger partial charge in [-0.15, -0.1) is 0 Å². The second kappa shape index (κ2) is 6.09. The minimum atomic E-state index is -0.535. The van der Waals surface area contributed by atoms with E-state index in [2.05, 4.69) is 0 Å². The predicted octanol–water partition coefficient (Wildman–Crippen LogP) is 1.12. The molecule has 100 valence electrons. The summed E-state index contributed by atoms with van der Waals surface area (Å²) in [4.78, 5) is 23.5. The van der Waals surface area contributed by atoms with Crippen LogP contribution in [0.15, 0.2) is 6.20 Å². The zero-order chi connectivity index (χ0) is 13.7. The van der Waals surface area contributed by atoms with Gasteiger partial charge >= 0.3 is 11.9 Å². The number of nitrogens with two attached hydrogens (primary N) is 1. The molecule has 0 saturated carbocycles. The smallest absolute Gasteiger partial charge is 0.357 e. The van der Waals surface area contributed by atoms with Crippen molar-refractivity contribution in [2.75, 3.05) is 19.1 Å². The summed E-state index contributed by atoms with van der Waals surface area (Å²) in [5.74, 6) is 4.67. The molecule has 6 heteroatoms. The van der Waals surface area contributed by atoms with Crippen LogP contribution in [0.5, 0.6) is 0 Å². The molecule has 0 fully saturated rings. The Bertz CT molecular complexity index is 451. The summed E-state index contributed by atoms with van der Waals surface area (Å²) >= 11 is 0. The minimum Gasteiger partial charge on any atom is -0.462 e. The molecule has 6 nitrogen and oxygen atoms in total. The molecular weight excluding hydrogens is 236 g/mol. The van der Waals surface area contributed by atoms with Crippen LogP contribution in [0.4, 0.5) is 0 Å². The van der Waals surface area contributed by atoms with Gasteiger partial charge in [-0.3, -0.25) is 4.68 Å². The zero-order valence-corrected chi connectivity index (χ0v) is 10.9. The molecule has 0 bridgehead atoms. The lowest BCUT2D eigenvalue weighted by Gasteiger charge is -2.06. The standard InChI is InChI=1S/C12H18N2O4/c1-4-8-9(11(15)17-5-2)7-14(13)10(8)12(16)18-6-3/h7H,4-6,13H2,1-3H3. The molecule has 1 heterocycles. The van der Waals surface area contributed by atoms with Crippen LogP contribution < -0.4 is 5.84 Å². The summed E-state index contributed by atoms with van der Waals surface area (Å²) in [5.41, 5.74) is 1.06. The number of hydrogen-bond donors (Lipinski definition) is 1. The molecule has 0 aliphatic rings. The van der Waals surface area contributed by atoms with Crippen molar-refractivity contribution in [2.24, 2.45) is 0 Å². The van der Waals surface area contributed by atoms with Gasteiger partial charge in [0.2, 0.25) is 0 Å². The molecule has 1 rings (SSSR count). The van der Waals surface area contributed by atoms with Gasteiger partial charge in [0.1, 0.15) is 0 Å². The number of ether oxygens (including phenoxy) is 2. The van der Waals surface area contributed by atoms with Crippen molar-refractivity contribution in [1.82, 2.24) is 4.68 Å². The van der Waals surface area contributed by atoms with E-state index in [1.807, 2.05) is 6.92 Å². The van der Waals surface area contributed by atoms with E-state index in [1.54, 1.807) is 13.8 Å². The zero-order valence-electron chi connectivity index (χ0n) is 10.9. The van der Waals surface area contributed by atoms with Crippen molar-refractivity contribution in [3.63, 3.8) is 0 Å². The third kappa shape index (κ3) is 2.64. The van der Waals surface area contributed by atoms with Gasteiger partial charge in [-0.1, -0.05) is 6.92 Å². The van der Waals surface area contributed by atoms with Crippen LogP contribution in [0.25, 0.3) is 0 Å². The number of esters is 2. The highest BCUT2D eigenvalue weighted by Gasteiger charge is 2.24. The monoisotopic (exact) mass is 254 g/mol. The van der Waals surface area contributed by atoms with Gasteiger partial charge in [0, 0.05) is 11.8 Å². The van der Waals surface area contributed by atoms with Crippen molar-refractivity contribution in [2.45, 2.75) is 27.2 Å². The second-order valence-electron chi connectivity index (χ2n) is 3.57. The molecular formula is C12H18N2O4. The highest BCUT2D eigenvalue weighted by atomic mass is 16.5. The molecule has 0 aliphatic carbocycles. The van der Waals surface area contributed by atoms with E-state index in [0.717, 1.165) is 4.68 Å². The third-order valence-electron chi connectivity index (χ3n) is 2.46. The first-order valence-corrected chi connectivity index (χ1v) is 5.90. The molecule has 0 unspecified atom stereocenters. The number of nitrogens with zero attached hydrogens (tertiary/aromatic N) is 1. The van der Waals surface area contributed by atoms with Gasteiger partial charge in [0.15, 0.2) is 5.69 Å².